The van der Waals surface area contributed by atoms with Crippen LogP contribution in [-0.4, -0.2) is 23.0 Å². The Kier molecular flexibility index (Phi) is 3.63. The number of aromatic hydroxyl groups is 1. The highest BCUT2D eigenvalue weighted by atomic mass is 35.5. The largest absolute Gasteiger partial charge is 0.504 e. The molecule has 1 aromatic carbocycles. The van der Waals surface area contributed by atoms with Crippen molar-refractivity contribution in [2.24, 2.45) is 0 Å². The topological polar surface area (TPSA) is 78.4 Å². The van der Waals surface area contributed by atoms with Gasteiger partial charge in [-0.15, -0.1) is 0 Å². The highest BCUT2D eigenvalue weighted by Crippen LogP contribution is 2.35. The Hall–Kier alpha value is -1.46. The van der Waals surface area contributed by atoms with Gasteiger partial charge in [-0.2, -0.15) is 0 Å². The number of phenolic OH excluding ortho intramolecular Hbond substituents is 1. The van der Waals surface area contributed by atoms with Crippen LogP contribution in [-0.2, 0) is 9.59 Å². The molecule has 0 spiro atoms. The smallest absolute Gasteiger partial charge is 0.247 e. The van der Waals surface area contributed by atoms with Crippen molar-refractivity contribution in [2.75, 3.05) is 5.32 Å². The molecule has 18 heavy (non-hydrogen) atoms. The number of anilines is 1. The average molecular weight is 289 g/mol. The monoisotopic (exact) mass is 288 g/mol. The number of carbonyl (C=O) groups is 2. The van der Waals surface area contributed by atoms with Gasteiger partial charge in [-0.05, 0) is 18.6 Å². The number of amides is 2. The van der Waals surface area contributed by atoms with Crippen LogP contribution in [0.15, 0.2) is 12.1 Å². The van der Waals surface area contributed by atoms with Crippen molar-refractivity contribution in [1.82, 2.24) is 5.32 Å². The van der Waals surface area contributed by atoms with E-state index in [4.69, 9.17) is 23.2 Å². The van der Waals surface area contributed by atoms with Crippen molar-refractivity contribution in [3.05, 3.63) is 22.2 Å². The van der Waals surface area contributed by atoms with Crippen LogP contribution in [0.5, 0.6) is 5.75 Å². The summed E-state index contributed by atoms with van der Waals surface area (Å²) < 4.78 is 0. The van der Waals surface area contributed by atoms with E-state index in [0.29, 0.717) is 17.9 Å². The van der Waals surface area contributed by atoms with Crippen molar-refractivity contribution in [3.63, 3.8) is 0 Å². The Balaban J connectivity index is 2.14. The Morgan fingerprint density at radius 1 is 1.44 bits per heavy atom. The molecule has 1 atom stereocenters. The van der Waals surface area contributed by atoms with Gasteiger partial charge in [0.1, 0.15) is 6.04 Å². The Labute approximate surface area is 113 Å². The average Bonchev–Trinajstić information content (AvgIpc) is 2.72. The number of rotatable bonds is 2. The van der Waals surface area contributed by atoms with Gasteiger partial charge in [0, 0.05) is 11.4 Å². The Morgan fingerprint density at radius 2 is 2.17 bits per heavy atom. The maximum Gasteiger partial charge on any atom is 0.247 e. The third-order valence-electron chi connectivity index (χ3n) is 2.60. The van der Waals surface area contributed by atoms with E-state index in [-0.39, 0.29) is 22.4 Å². The van der Waals surface area contributed by atoms with E-state index in [1.54, 1.807) is 0 Å². The molecule has 0 aromatic heterocycles. The number of hydrogen-bond acceptors (Lipinski definition) is 3. The molecule has 1 heterocycles. The first kappa shape index (κ1) is 13.0. The molecule has 1 fully saturated rings. The van der Waals surface area contributed by atoms with E-state index in [0.717, 1.165) is 0 Å². The summed E-state index contributed by atoms with van der Waals surface area (Å²) in [6, 6.07) is 2.16. The van der Waals surface area contributed by atoms with Gasteiger partial charge in [0.25, 0.3) is 0 Å². The first-order chi connectivity index (χ1) is 8.47. The molecule has 0 radical (unpaired) electrons. The molecule has 0 bridgehead atoms. The third-order valence-corrected chi connectivity index (χ3v) is 3.10. The molecule has 3 N–H and O–H groups in total. The predicted octanol–water partition coefficient (Wildman–Crippen LogP) is 1.92. The Bertz CT molecular complexity index is 519. The van der Waals surface area contributed by atoms with Crippen LogP contribution in [0, 0.1) is 0 Å². The van der Waals surface area contributed by atoms with Gasteiger partial charge in [-0.1, -0.05) is 23.2 Å². The molecule has 1 saturated heterocycles. The van der Waals surface area contributed by atoms with Gasteiger partial charge in [0.2, 0.25) is 11.8 Å². The molecular weight excluding hydrogens is 279 g/mol. The molecular formula is C11H10Cl2N2O3. The van der Waals surface area contributed by atoms with Crippen LogP contribution < -0.4 is 10.6 Å². The number of nitrogens with one attached hydrogen (secondary N) is 2. The SMILES string of the molecule is O=C1CC[C@@H](C(=O)Nc2cc(Cl)cc(Cl)c2O)N1. The van der Waals surface area contributed by atoms with Crippen LogP contribution in [0.1, 0.15) is 12.8 Å². The first-order valence-electron chi connectivity index (χ1n) is 5.25. The molecule has 0 aliphatic carbocycles. The zero-order chi connectivity index (χ0) is 13.3. The summed E-state index contributed by atoms with van der Waals surface area (Å²) in [4.78, 5) is 22.8. The highest BCUT2D eigenvalue weighted by molar-refractivity contribution is 6.36. The molecule has 7 heteroatoms. The summed E-state index contributed by atoms with van der Waals surface area (Å²) in [5, 5.41) is 15.0. The molecule has 5 nitrogen and oxygen atoms in total. The Morgan fingerprint density at radius 3 is 2.78 bits per heavy atom. The molecule has 2 amide bonds. The minimum atomic E-state index is -0.588. The molecule has 1 aliphatic heterocycles. The fraction of sp³-hybridized carbons (Fsp3) is 0.273. The summed E-state index contributed by atoms with van der Waals surface area (Å²) in [6.07, 6.45) is 0.750. The fourth-order valence-electron chi connectivity index (χ4n) is 1.69. The van der Waals surface area contributed by atoms with Gasteiger partial charge in [-0.25, -0.2) is 0 Å². The summed E-state index contributed by atoms with van der Waals surface area (Å²) in [5.41, 5.74) is 0.124. The second-order valence-electron chi connectivity index (χ2n) is 3.93. The highest BCUT2D eigenvalue weighted by Gasteiger charge is 2.27. The molecule has 96 valence electrons. The zero-order valence-corrected chi connectivity index (χ0v) is 10.7. The lowest BCUT2D eigenvalue weighted by Gasteiger charge is -2.13. The van der Waals surface area contributed by atoms with Gasteiger partial charge in [-0.3, -0.25) is 9.59 Å². The number of halogens is 2. The molecule has 1 aromatic rings. The van der Waals surface area contributed by atoms with Gasteiger partial charge < -0.3 is 15.7 Å². The summed E-state index contributed by atoms with van der Waals surface area (Å²) in [5.74, 6) is -0.822. The van der Waals surface area contributed by atoms with E-state index < -0.39 is 11.9 Å². The fourth-order valence-corrected chi connectivity index (χ4v) is 2.19. The van der Waals surface area contributed by atoms with Crippen LogP contribution in [0.2, 0.25) is 10.0 Å². The first-order valence-corrected chi connectivity index (χ1v) is 6.01. The number of hydrogen-bond donors (Lipinski definition) is 3. The second kappa shape index (κ2) is 5.04. The number of carbonyl (C=O) groups excluding carboxylic acids is 2. The van der Waals surface area contributed by atoms with Crippen molar-refractivity contribution in [3.8, 4) is 5.75 Å². The summed E-state index contributed by atoms with van der Waals surface area (Å²) >= 11 is 11.5. The van der Waals surface area contributed by atoms with E-state index in [2.05, 4.69) is 10.6 Å². The van der Waals surface area contributed by atoms with Gasteiger partial charge in [0.15, 0.2) is 5.75 Å². The lowest BCUT2D eigenvalue weighted by molar-refractivity contribution is -0.122. The quantitative estimate of drug-likeness (QED) is 0.728. The van der Waals surface area contributed by atoms with Gasteiger partial charge >= 0.3 is 0 Å². The maximum absolute atomic E-state index is 11.8. The van der Waals surface area contributed by atoms with E-state index in [9.17, 15) is 14.7 Å². The normalized spacial score (nSPS) is 18.6. The zero-order valence-electron chi connectivity index (χ0n) is 9.17. The number of phenols is 1. The van der Waals surface area contributed by atoms with Crippen molar-refractivity contribution >= 4 is 40.7 Å². The van der Waals surface area contributed by atoms with Crippen molar-refractivity contribution in [1.29, 1.82) is 0 Å². The van der Waals surface area contributed by atoms with E-state index >= 15 is 0 Å². The minimum Gasteiger partial charge on any atom is -0.504 e. The molecule has 2 rings (SSSR count). The van der Waals surface area contributed by atoms with Crippen LogP contribution in [0.25, 0.3) is 0 Å². The third kappa shape index (κ3) is 2.68. The predicted molar refractivity (Wildman–Crippen MR) is 67.9 cm³/mol. The van der Waals surface area contributed by atoms with Crippen LogP contribution >= 0.6 is 23.2 Å². The summed E-state index contributed by atoms with van der Waals surface area (Å²) in [7, 11) is 0. The van der Waals surface area contributed by atoms with Crippen LogP contribution in [0.4, 0.5) is 5.69 Å². The molecule has 0 unspecified atom stereocenters. The lowest BCUT2D eigenvalue weighted by Crippen LogP contribution is -2.37. The standard InChI is InChI=1S/C11H10Cl2N2O3/c12-5-3-6(13)10(17)8(4-5)15-11(18)7-1-2-9(16)14-7/h3-4,7,17H,1-2H2,(H,14,16)(H,15,18)/t7-/m0/s1. The molecule has 0 saturated carbocycles. The summed E-state index contributed by atoms with van der Waals surface area (Å²) in [6.45, 7) is 0. The number of benzene rings is 1. The van der Waals surface area contributed by atoms with E-state index in [1.807, 2.05) is 0 Å². The molecule has 1 aliphatic rings. The van der Waals surface area contributed by atoms with Crippen molar-refractivity contribution < 1.29 is 14.7 Å². The van der Waals surface area contributed by atoms with Gasteiger partial charge in [0.05, 0.1) is 10.7 Å². The van der Waals surface area contributed by atoms with Crippen LogP contribution in [0.3, 0.4) is 0 Å². The second-order valence-corrected chi connectivity index (χ2v) is 4.78. The van der Waals surface area contributed by atoms with E-state index in [1.165, 1.54) is 12.1 Å². The minimum absolute atomic E-state index is 0.0493. The maximum atomic E-state index is 11.8. The lowest BCUT2D eigenvalue weighted by atomic mass is 10.2. The van der Waals surface area contributed by atoms with Crippen molar-refractivity contribution in [2.45, 2.75) is 18.9 Å².